The third kappa shape index (κ3) is 3.13. The molecule has 0 amide bonds. The Hall–Kier alpha value is -0.840. The van der Waals surface area contributed by atoms with Crippen LogP contribution in [0, 0.1) is 5.92 Å². The van der Waals surface area contributed by atoms with Gasteiger partial charge in [-0.25, -0.2) is 4.68 Å². The summed E-state index contributed by atoms with van der Waals surface area (Å²) < 4.78 is 2.06. The molecule has 0 radical (unpaired) electrons. The van der Waals surface area contributed by atoms with Gasteiger partial charge in [0.25, 0.3) is 5.56 Å². The molecule has 5 heteroatoms. The van der Waals surface area contributed by atoms with Gasteiger partial charge in [-0.05, 0) is 49.0 Å². The SMILES string of the molecule is CC(CC1CC1)Nc1cnn(C(C)C)c(=O)c1Br. The highest BCUT2D eigenvalue weighted by atomic mass is 79.9. The number of hydrogen-bond acceptors (Lipinski definition) is 3. The van der Waals surface area contributed by atoms with Crippen LogP contribution in [0.5, 0.6) is 0 Å². The van der Waals surface area contributed by atoms with Gasteiger partial charge in [-0.2, -0.15) is 5.10 Å². The summed E-state index contributed by atoms with van der Waals surface area (Å²) in [6, 6.07) is 0.455. The first-order chi connectivity index (χ1) is 8.49. The molecule has 1 heterocycles. The van der Waals surface area contributed by atoms with Crippen LogP contribution in [-0.4, -0.2) is 15.8 Å². The second-order valence-corrected chi connectivity index (χ2v) is 6.23. The van der Waals surface area contributed by atoms with Crippen molar-refractivity contribution in [2.75, 3.05) is 5.32 Å². The molecule has 0 spiro atoms. The summed E-state index contributed by atoms with van der Waals surface area (Å²) in [5.74, 6) is 0.871. The van der Waals surface area contributed by atoms with Crippen molar-refractivity contribution in [3.8, 4) is 0 Å². The molecular formula is C13H20BrN3O. The normalized spacial score (nSPS) is 16.9. The van der Waals surface area contributed by atoms with Crippen LogP contribution in [0.2, 0.25) is 0 Å². The van der Waals surface area contributed by atoms with Crippen LogP contribution < -0.4 is 10.9 Å². The number of halogens is 1. The van der Waals surface area contributed by atoms with Crippen LogP contribution in [0.4, 0.5) is 5.69 Å². The summed E-state index contributed by atoms with van der Waals surface area (Å²) in [4.78, 5) is 12.1. The monoisotopic (exact) mass is 313 g/mol. The van der Waals surface area contributed by atoms with E-state index in [0.29, 0.717) is 10.5 Å². The van der Waals surface area contributed by atoms with Crippen LogP contribution in [0.15, 0.2) is 15.5 Å². The molecule has 1 saturated carbocycles. The van der Waals surface area contributed by atoms with Crippen LogP contribution >= 0.6 is 15.9 Å². The van der Waals surface area contributed by atoms with Gasteiger partial charge in [-0.1, -0.05) is 12.8 Å². The molecule has 1 aromatic heterocycles. The first-order valence-corrected chi connectivity index (χ1v) is 7.32. The standard InChI is InChI=1S/C13H20BrN3O/c1-8(2)17-13(18)12(14)11(7-15-17)16-9(3)6-10-4-5-10/h7-10,16H,4-6H2,1-3H3. The Morgan fingerprint density at radius 2 is 2.17 bits per heavy atom. The van der Waals surface area contributed by atoms with Gasteiger partial charge in [-0.3, -0.25) is 4.79 Å². The summed E-state index contributed by atoms with van der Waals surface area (Å²) in [5, 5.41) is 7.56. The lowest BCUT2D eigenvalue weighted by Crippen LogP contribution is -2.27. The van der Waals surface area contributed by atoms with Crippen molar-refractivity contribution >= 4 is 21.6 Å². The molecule has 1 unspecified atom stereocenters. The van der Waals surface area contributed by atoms with E-state index < -0.39 is 0 Å². The van der Waals surface area contributed by atoms with Crippen molar-refractivity contribution in [3.63, 3.8) is 0 Å². The molecule has 0 bridgehead atoms. The summed E-state index contributed by atoms with van der Waals surface area (Å²) in [6.07, 6.45) is 5.59. The van der Waals surface area contributed by atoms with Crippen molar-refractivity contribution < 1.29 is 0 Å². The van der Waals surface area contributed by atoms with Crippen LogP contribution in [0.1, 0.15) is 46.1 Å². The lowest BCUT2D eigenvalue weighted by molar-refractivity contribution is 0.500. The summed E-state index contributed by atoms with van der Waals surface area (Å²) in [7, 11) is 0. The number of nitrogens with one attached hydrogen (secondary N) is 1. The van der Waals surface area contributed by atoms with Crippen LogP contribution in [0.25, 0.3) is 0 Å². The van der Waals surface area contributed by atoms with Crippen LogP contribution in [-0.2, 0) is 0 Å². The van der Waals surface area contributed by atoms with Crippen molar-refractivity contribution in [3.05, 3.63) is 21.0 Å². The Balaban J connectivity index is 2.13. The van der Waals surface area contributed by atoms with E-state index in [1.807, 2.05) is 13.8 Å². The molecule has 1 aliphatic carbocycles. The molecule has 100 valence electrons. The van der Waals surface area contributed by atoms with Gasteiger partial charge in [0.05, 0.1) is 17.9 Å². The maximum atomic E-state index is 12.1. The summed E-state index contributed by atoms with van der Waals surface area (Å²) >= 11 is 3.37. The zero-order valence-corrected chi connectivity index (χ0v) is 12.7. The zero-order valence-electron chi connectivity index (χ0n) is 11.1. The Morgan fingerprint density at radius 3 is 2.72 bits per heavy atom. The third-order valence-corrected chi connectivity index (χ3v) is 3.98. The highest BCUT2D eigenvalue weighted by Gasteiger charge is 2.24. The number of rotatable bonds is 5. The van der Waals surface area contributed by atoms with Crippen LogP contribution in [0.3, 0.4) is 0 Å². The van der Waals surface area contributed by atoms with Gasteiger partial charge < -0.3 is 5.32 Å². The van der Waals surface area contributed by atoms with E-state index in [0.717, 1.165) is 11.6 Å². The van der Waals surface area contributed by atoms with E-state index in [-0.39, 0.29) is 11.6 Å². The van der Waals surface area contributed by atoms with Gasteiger partial charge in [0.2, 0.25) is 0 Å². The van der Waals surface area contributed by atoms with Crippen molar-refractivity contribution in [2.45, 2.75) is 52.1 Å². The lowest BCUT2D eigenvalue weighted by atomic mass is 10.1. The Labute approximate surface area is 116 Å². The van der Waals surface area contributed by atoms with Crippen molar-refractivity contribution in [2.24, 2.45) is 5.92 Å². The average Bonchev–Trinajstić information content (AvgIpc) is 3.08. The molecule has 1 N–H and O–H groups in total. The summed E-state index contributed by atoms with van der Waals surface area (Å²) in [6.45, 7) is 6.05. The topological polar surface area (TPSA) is 46.9 Å². The maximum Gasteiger partial charge on any atom is 0.283 e. The second-order valence-electron chi connectivity index (χ2n) is 5.44. The fraction of sp³-hybridized carbons (Fsp3) is 0.692. The molecule has 1 aromatic rings. The number of aromatic nitrogens is 2. The maximum absolute atomic E-state index is 12.1. The first-order valence-electron chi connectivity index (χ1n) is 6.53. The van der Waals surface area contributed by atoms with E-state index in [9.17, 15) is 4.79 Å². The quantitative estimate of drug-likeness (QED) is 0.908. The molecule has 0 saturated heterocycles. The largest absolute Gasteiger partial charge is 0.380 e. The molecule has 1 aliphatic rings. The number of hydrogen-bond donors (Lipinski definition) is 1. The van der Waals surface area contributed by atoms with E-state index in [1.54, 1.807) is 6.20 Å². The predicted molar refractivity (Wildman–Crippen MR) is 77.0 cm³/mol. The molecule has 4 nitrogen and oxygen atoms in total. The first kappa shape index (κ1) is 13.6. The Morgan fingerprint density at radius 1 is 1.50 bits per heavy atom. The van der Waals surface area contributed by atoms with Crippen molar-refractivity contribution in [1.29, 1.82) is 0 Å². The Kier molecular flexibility index (Phi) is 4.10. The highest BCUT2D eigenvalue weighted by molar-refractivity contribution is 9.10. The van der Waals surface area contributed by atoms with E-state index in [4.69, 9.17) is 0 Å². The fourth-order valence-electron chi connectivity index (χ4n) is 2.09. The van der Waals surface area contributed by atoms with E-state index in [2.05, 4.69) is 33.3 Å². The summed E-state index contributed by atoms with van der Waals surface area (Å²) in [5.41, 5.74) is 0.721. The van der Waals surface area contributed by atoms with Gasteiger partial charge >= 0.3 is 0 Å². The minimum absolute atomic E-state index is 0.0754. The number of nitrogens with zero attached hydrogens (tertiary/aromatic N) is 2. The number of anilines is 1. The highest BCUT2D eigenvalue weighted by Crippen LogP contribution is 2.34. The minimum Gasteiger partial charge on any atom is -0.380 e. The lowest BCUT2D eigenvalue weighted by Gasteiger charge is -2.17. The van der Waals surface area contributed by atoms with Gasteiger partial charge in [-0.15, -0.1) is 0 Å². The fourth-order valence-corrected chi connectivity index (χ4v) is 2.49. The van der Waals surface area contributed by atoms with Crippen molar-refractivity contribution in [1.82, 2.24) is 9.78 Å². The molecule has 18 heavy (non-hydrogen) atoms. The molecule has 2 rings (SSSR count). The molecule has 0 aromatic carbocycles. The van der Waals surface area contributed by atoms with E-state index in [1.165, 1.54) is 23.9 Å². The van der Waals surface area contributed by atoms with E-state index >= 15 is 0 Å². The minimum atomic E-state index is -0.0754. The molecular weight excluding hydrogens is 294 g/mol. The third-order valence-electron chi connectivity index (χ3n) is 3.22. The molecule has 1 fully saturated rings. The molecule has 0 aliphatic heterocycles. The molecule has 1 atom stereocenters. The average molecular weight is 314 g/mol. The zero-order chi connectivity index (χ0) is 13.3. The smallest absolute Gasteiger partial charge is 0.283 e. The van der Waals surface area contributed by atoms with Gasteiger partial charge in [0.1, 0.15) is 4.47 Å². The van der Waals surface area contributed by atoms with Gasteiger partial charge in [0.15, 0.2) is 0 Å². The Bertz CT molecular complexity index is 480. The van der Waals surface area contributed by atoms with Gasteiger partial charge in [0, 0.05) is 6.04 Å². The predicted octanol–water partition coefficient (Wildman–Crippen LogP) is 3.19. The second kappa shape index (κ2) is 5.43.